The van der Waals surface area contributed by atoms with Gasteiger partial charge in [0.1, 0.15) is 11.6 Å². The van der Waals surface area contributed by atoms with Gasteiger partial charge in [-0.3, -0.25) is 20.1 Å². The number of benzene rings is 2. The summed E-state index contributed by atoms with van der Waals surface area (Å²) in [5.74, 6) is -1.31. The van der Waals surface area contributed by atoms with E-state index in [1.807, 2.05) is 0 Å². The number of aliphatic imine (C=N–C) groups is 2. The van der Waals surface area contributed by atoms with Crippen LogP contribution in [0.25, 0.3) is 0 Å². The maximum Gasteiger partial charge on any atom is 0.325 e. The van der Waals surface area contributed by atoms with Crippen molar-refractivity contribution in [3.05, 3.63) is 83.1 Å². The van der Waals surface area contributed by atoms with E-state index >= 15 is 0 Å². The highest BCUT2D eigenvalue weighted by Gasteiger charge is 2.23. The van der Waals surface area contributed by atoms with Gasteiger partial charge < -0.3 is 10.1 Å². The summed E-state index contributed by atoms with van der Waals surface area (Å²) in [5, 5.41) is 4.52. The van der Waals surface area contributed by atoms with Gasteiger partial charge in [0.05, 0.1) is 6.42 Å². The fourth-order valence-electron chi connectivity index (χ4n) is 2.98. The Morgan fingerprint density at radius 2 is 1.74 bits per heavy atom. The lowest BCUT2D eigenvalue weighted by atomic mass is 10.1. The Kier molecular flexibility index (Phi) is 5.65. The molecule has 31 heavy (non-hydrogen) atoms. The van der Waals surface area contributed by atoms with Crippen molar-refractivity contribution in [2.24, 2.45) is 9.98 Å². The third kappa shape index (κ3) is 4.89. The van der Waals surface area contributed by atoms with Gasteiger partial charge in [-0.15, -0.1) is 0 Å². The van der Waals surface area contributed by atoms with Crippen molar-refractivity contribution >= 4 is 30.1 Å². The molecule has 2 aromatic carbocycles. The van der Waals surface area contributed by atoms with E-state index in [4.69, 9.17) is 4.74 Å². The number of rotatable bonds is 5. The van der Waals surface area contributed by atoms with Crippen molar-refractivity contribution in [3.8, 4) is 5.75 Å². The van der Waals surface area contributed by atoms with E-state index < -0.39 is 23.6 Å². The summed E-state index contributed by atoms with van der Waals surface area (Å²) in [6.45, 7) is 0. The quantitative estimate of drug-likeness (QED) is 0.772. The predicted octanol–water partition coefficient (Wildman–Crippen LogP) is 3.54. The molecule has 0 aliphatic carbocycles. The summed E-state index contributed by atoms with van der Waals surface area (Å²) < 4.78 is 33.0. The molecule has 0 spiro atoms. The predicted molar refractivity (Wildman–Crippen MR) is 111 cm³/mol. The maximum absolute atomic E-state index is 14.5. The second kappa shape index (κ2) is 8.70. The SMILES string of the molecule is O=C(Cc1ccc(F)cc1)NC(=O)Nc1ccc(OC2=CC=NC3N=CC=C23)c(F)c1. The number of carbonyl (C=O) groups excluding carboxylic acids is 2. The van der Waals surface area contributed by atoms with Crippen LogP contribution in [0.4, 0.5) is 19.3 Å². The molecule has 0 saturated carbocycles. The van der Waals surface area contributed by atoms with E-state index in [-0.39, 0.29) is 24.0 Å². The number of imide groups is 1. The molecule has 4 rings (SSSR count). The smallest absolute Gasteiger partial charge is 0.325 e. The van der Waals surface area contributed by atoms with Gasteiger partial charge in [-0.1, -0.05) is 12.1 Å². The van der Waals surface area contributed by atoms with E-state index in [1.54, 1.807) is 24.6 Å². The fraction of sp³-hybridized carbons (Fsp3) is 0.0909. The van der Waals surface area contributed by atoms with Gasteiger partial charge in [0.15, 0.2) is 17.7 Å². The number of fused-ring (bicyclic) bond motifs is 1. The van der Waals surface area contributed by atoms with Crippen LogP contribution in [0, 0.1) is 11.6 Å². The highest BCUT2D eigenvalue weighted by atomic mass is 19.1. The molecule has 2 heterocycles. The van der Waals surface area contributed by atoms with Crippen LogP contribution in [0.1, 0.15) is 5.56 Å². The molecule has 2 N–H and O–H groups in total. The van der Waals surface area contributed by atoms with Gasteiger partial charge in [-0.2, -0.15) is 0 Å². The van der Waals surface area contributed by atoms with Crippen LogP contribution in [-0.2, 0) is 11.2 Å². The number of urea groups is 1. The first-order chi connectivity index (χ1) is 15.0. The number of anilines is 1. The third-order valence-electron chi connectivity index (χ3n) is 4.44. The van der Waals surface area contributed by atoms with Crippen molar-refractivity contribution in [1.29, 1.82) is 0 Å². The summed E-state index contributed by atoms with van der Waals surface area (Å²) in [5.41, 5.74) is 1.41. The van der Waals surface area contributed by atoms with Crippen LogP contribution in [0.15, 0.2) is 75.9 Å². The standard InChI is InChI=1S/C22H16F2N4O3/c23-14-3-1-13(2-4-14)11-20(29)28-22(30)27-15-5-6-19(17(24)12-15)31-18-8-10-26-21-16(18)7-9-25-21/h1-10,12,21H,11H2,(H2,27,28,29,30). The van der Waals surface area contributed by atoms with Crippen LogP contribution < -0.4 is 15.4 Å². The summed E-state index contributed by atoms with van der Waals surface area (Å²) in [6.07, 6.45) is 6.03. The van der Waals surface area contributed by atoms with E-state index in [2.05, 4.69) is 20.6 Å². The number of nitrogens with zero attached hydrogens (tertiary/aromatic N) is 2. The van der Waals surface area contributed by atoms with Gasteiger partial charge in [-0.25, -0.2) is 13.6 Å². The lowest BCUT2D eigenvalue weighted by Crippen LogP contribution is -2.35. The number of amides is 3. The number of hydrogen-bond donors (Lipinski definition) is 2. The molecule has 2 aliphatic heterocycles. The summed E-state index contributed by atoms with van der Waals surface area (Å²) in [7, 11) is 0. The Morgan fingerprint density at radius 1 is 1.00 bits per heavy atom. The molecule has 1 atom stereocenters. The first kappa shape index (κ1) is 20.1. The molecule has 0 saturated heterocycles. The van der Waals surface area contributed by atoms with E-state index in [1.165, 1.54) is 36.4 Å². The first-order valence-corrected chi connectivity index (χ1v) is 9.28. The molecular weight excluding hydrogens is 406 g/mol. The van der Waals surface area contributed by atoms with Crippen molar-refractivity contribution < 1.29 is 23.1 Å². The Morgan fingerprint density at radius 3 is 2.48 bits per heavy atom. The number of dihydropyridines is 1. The maximum atomic E-state index is 14.5. The van der Waals surface area contributed by atoms with E-state index in [0.29, 0.717) is 11.3 Å². The molecule has 1 unspecified atom stereocenters. The highest BCUT2D eigenvalue weighted by molar-refractivity contribution is 6.01. The lowest BCUT2D eigenvalue weighted by Gasteiger charge is -2.17. The molecule has 0 fully saturated rings. The molecule has 9 heteroatoms. The minimum Gasteiger partial charge on any atom is -0.454 e. The minimum absolute atomic E-state index is 0.0357. The van der Waals surface area contributed by atoms with Crippen molar-refractivity contribution in [3.63, 3.8) is 0 Å². The Bertz CT molecular complexity index is 1150. The minimum atomic E-state index is -0.817. The van der Waals surface area contributed by atoms with Crippen molar-refractivity contribution in [2.45, 2.75) is 12.6 Å². The number of halogens is 2. The molecular formula is C22H16F2N4O3. The number of allylic oxidation sites excluding steroid dienone is 2. The monoisotopic (exact) mass is 422 g/mol. The fourth-order valence-corrected chi connectivity index (χ4v) is 2.98. The number of nitrogens with one attached hydrogen (secondary N) is 2. The Balaban J connectivity index is 1.34. The molecule has 7 nitrogen and oxygen atoms in total. The molecule has 3 amide bonds. The van der Waals surface area contributed by atoms with E-state index in [9.17, 15) is 18.4 Å². The van der Waals surface area contributed by atoms with Gasteiger partial charge in [0.25, 0.3) is 0 Å². The average molecular weight is 422 g/mol. The van der Waals surface area contributed by atoms with Crippen molar-refractivity contribution in [1.82, 2.24) is 5.32 Å². The largest absolute Gasteiger partial charge is 0.454 e. The molecule has 0 bridgehead atoms. The summed E-state index contributed by atoms with van der Waals surface area (Å²) >= 11 is 0. The zero-order valence-corrected chi connectivity index (χ0v) is 16.0. The summed E-state index contributed by atoms with van der Waals surface area (Å²) in [6, 6.07) is 8.41. The van der Waals surface area contributed by atoms with Crippen molar-refractivity contribution in [2.75, 3.05) is 5.32 Å². The molecule has 2 aliphatic rings. The third-order valence-corrected chi connectivity index (χ3v) is 4.44. The van der Waals surface area contributed by atoms with Crippen LogP contribution in [0.3, 0.4) is 0 Å². The topological polar surface area (TPSA) is 92.2 Å². The van der Waals surface area contributed by atoms with Gasteiger partial charge >= 0.3 is 6.03 Å². The van der Waals surface area contributed by atoms with Crippen LogP contribution in [0.2, 0.25) is 0 Å². The normalized spacial score (nSPS) is 16.3. The second-order valence-corrected chi connectivity index (χ2v) is 6.68. The molecule has 2 aromatic rings. The van der Waals surface area contributed by atoms with Crippen LogP contribution in [0.5, 0.6) is 5.75 Å². The van der Waals surface area contributed by atoms with Gasteiger partial charge in [0.2, 0.25) is 5.91 Å². The number of ether oxygens (including phenoxy) is 1. The molecule has 156 valence electrons. The Hall–Kier alpha value is -4.14. The van der Waals surface area contributed by atoms with Gasteiger partial charge in [0, 0.05) is 29.8 Å². The lowest BCUT2D eigenvalue weighted by molar-refractivity contribution is -0.119. The zero-order valence-electron chi connectivity index (χ0n) is 16.0. The zero-order chi connectivity index (χ0) is 21.8. The van der Waals surface area contributed by atoms with Crippen LogP contribution >= 0.6 is 0 Å². The number of carbonyl (C=O) groups is 2. The molecule has 0 radical (unpaired) electrons. The van der Waals surface area contributed by atoms with E-state index in [0.717, 1.165) is 11.6 Å². The first-order valence-electron chi connectivity index (χ1n) is 9.28. The second-order valence-electron chi connectivity index (χ2n) is 6.68. The number of hydrogen-bond acceptors (Lipinski definition) is 5. The average Bonchev–Trinajstić information content (AvgIpc) is 3.21. The Labute approximate surface area is 175 Å². The summed E-state index contributed by atoms with van der Waals surface area (Å²) in [4.78, 5) is 32.3. The molecule has 0 aromatic heterocycles. The highest BCUT2D eigenvalue weighted by Crippen LogP contribution is 2.29. The van der Waals surface area contributed by atoms with Gasteiger partial charge in [-0.05, 0) is 42.0 Å². The van der Waals surface area contributed by atoms with Crippen LogP contribution in [-0.4, -0.2) is 30.5 Å².